The maximum atomic E-state index is 10.6. The van der Waals surface area contributed by atoms with Gasteiger partial charge >= 0.3 is 0 Å². The van der Waals surface area contributed by atoms with Crippen LogP contribution in [0, 0.1) is 5.92 Å². The molecule has 0 spiro atoms. The highest BCUT2D eigenvalue weighted by Crippen LogP contribution is 2.17. The van der Waals surface area contributed by atoms with Crippen LogP contribution < -0.4 is 4.90 Å². The van der Waals surface area contributed by atoms with Crippen LogP contribution in [-0.2, 0) is 0 Å². The van der Waals surface area contributed by atoms with Crippen molar-refractivity contribution in [2.45, 2.75) is 46.6 Å². The summed E-state index contributed by atoms with van der Waals surface area (Å²) >= 11 is 0. The van der Waals surface area contributed by atoms with Gasteiger partial charge in [-0.2, -0.15) is 0 Å². The van der Waals surface area contributed by atoms with Gasteiger partial charge in [0.25, 0.3) is 0 Å². The Labute approximate surface area is 109 Å². The van der Waals surface area contributed by atoms with Crippen LogP contribution in [0.15, 0.2) is 12.4 Å². The van der Waals surface area contributed by atoms with E-state index in [1.165, 1.54) is 0 Å². The van der Waals surface area contributed by atoms with Crippen molar-refractivity contribution in [3.63, 3.8) is 0 Å². The monoisotopic (exact) mass is 249 g/mol. The second kappa shape index (κ2) is 7.09. The molecule has 1 aromatic rings. The summed E-state index contributed by atoms with van der Waals surface area (Å²) in [6.07, 6.45) is 6.09. The number of hydrogen-bond donors (Lipinski definition) is 0. The second-order valence-corrected chi connectivity index (χ2v) is 4.95. The molecule has 0 aromatic carbocycles. The van der Waals surface area contributed by atoms with Crippen molar-refractivity contribution in [2.75, 3.05) is 11.4 Å². The molecule has 0 atom stereocenters. The van der Waals surface area contributed by atoms with Crippen molar-refractivity contribution in [1.29, 1.82) is 0 Å². The number of carbonyl (C=O) groups is 1. The summed E-state index contributed by atoms with van der Waals surface area (Å²) in [5.74, 6) is 1.28. The molecule has 4 nitrogen and oxygen atoms in total. The van der Waals surface area contributed by atoms with Crippen LogP contribution in [0.4, 0.5) is 5.95 Å². The Balaban J connectivity index is 2.96. The summed E-state index contributed by atoms with van der Waals surface area (Å²) in [6, 6.07) is 0.453. The average Bonchev–Trinajstić information content (AvgIpc) is 2.38. The molecule has 4 heteroatoms. The van der Waals surface area contributed by atoms with Crippen LogP contribution >= 0.6 is 0 Å². The molecule has 0 saturated carbocycles. The van der Waals surface area contributed by atoms with Crippen LogP contribution in [-0.4, -0.2) is 28.8 Å². The molecule has 100 valence electrons. The van der Waals surface area contributed by atoms with Crippen molar-refractivity contribution in [3.8, 4) is 0 Å². The summed E-state index contributed by atoms with van der Waals surface area (Å²) in [5, 5.41) is 0. The molecule has 0 bridgehead atoms. The summed E-state index contributed by atoms with van der Waals surface area (Å²) in [7, 11) is 0. The highest BCUT2D eigenvalue weighted by atomic mass is 16.1. The molecule has 0 unspecified atom stereocenters. The van der Waals surface area contributed by atoms with Gasteiger partial charge in [-0.25, -0.2) is 9.97 Å². The third-order valence-electron chi connectivity index (χ3n) is 3.00. The largest absolute Gasteiger partial charge is 0.338 e. The molecule has 0 saturated heterocycles. The quantitative estimate of drug-likeness (QED) is 0.697. The van der Waals surface area contributed by atoms with E-state index in [1.54, 1.807) is 12.4 Å². The predicted octanol–water partition coefficient (Wildman–Crippen LogP) is 2.94. The Bertz CT molecular complexity index is 358. The van der Waals surface area contributed by atoms with Crippen LogP contribution in [0.3, 0.4) is 0 Å². The Morgan fingerprint density at radius 2 is 1.78 bits per heavy atom. The molecule has 0 aliphatic rings. The van der Waals surface area contributed by atoms with Crippen molar-refractivity contribution < 1.29 is 4.79 Å². The zero-order valence-corrected chi connectivity index (χ0v) is 11.8. The lowest BCUT2D eigenvalue weighted by atomic mass is 10.1. The normalized spacial score (nSPS) is 11.0. The average molecular weight is 249 g/mol. The molecule has 18 heavy (non-hydrogen) atoms. The highest BCUT2D eigenvalue weighted by Gasteiger charge is 2.19. The van der Waals surface area contributed by atoms with Crippen LogP contribution in [0.5, 0.6) is 0 Å². The first kappa shape index (κ1) is 14.6. The number of aldehydes is 1. The lowest BCUT2D eigenvalue weighted by Crippen LogP contribution is -2.38. The third kappa shape index (κ3) is 3.79. The van der Waals surface area contributed by atoms with Crippen LogP contribution in [0.25, 0.3) is 0 Å². The summed E-state index contributed by atoms with van der Waals surface area (Å²) in [5.41, 5.74) is 0.521. The molecule has 0 N–H and O–H groups in total. The fraction of sp³-hybridized carbons (Fsp3) is 0.643. The maximum Gasteiger partial charge on any atom is 0.225 e. The SMILES string of the molecule is CCC(CC)N(CC(C)C)c1ncc(C=O)cn1. The van der Waals surface area contributed by atoms with Gasteiger partial charge in [0.15, 0.2) is 6.29 Å². The van der Waals surface area contributed by atoms with Gasteiger partial charge in [0.05, 0.1) is 5.56 Å². The highest BCUT2D eigenvalue weighted by molar-refractivity contribution is 5.73. The van der Waals surface area contributed by atoms with Crippen molar-refractivity contribution >= 4 is 12.2 Å². The van der Waals surface area contributed by atoms with Gasteiger partial charge in [-0.05, 0) is 18.8 Å². The first-order valence-electron chi connectivity index (χ1n) is 6.66. The first-order chi connectivity index (χ1) is 8.62. The van der Waals surface area contributed by atoms with Gasteiger partial charge in [0, 0.05) is 25.0 Å². The number of aromatic nitrogens is 2. The van der Waals surface area contributed by atoms with E-state index in [4.69, 9.17) is 0 Å². The minimum absolute atomic E-state index is 0.453. The molecule has 1 aromatic heterocycles. The first-order valence-corrected chi connectivity index (χ1v) is 6.66. The van der Waals surface area contributed by atoms with E-state index in [-0.39, 0.29) is 0 Å². The van der Waals surface area contributed by atoms with E-state index in [2.05, 4.69) is 42.6 Å². The predicted molar refractivity (Wildman–Crippen MR) is 74.0 cm³/mol. The topological polar surface area (TPSA) is 46.1 Å². The van der Waals surface area contributed by atoms with E-state index in [0.717, 1.165) is 31.6 Å². The summed E-state index contributed by atoms with van der Waals surface area (Å²) in [6.45, 7) is 9.68. The van der Waals surface area contributed by atoms with Gasteiger partial charge in [-0.3, -0.25) is 4.79 Å². The summed E-state index contributed by atoms with van der Waals surface area (Å²) < 4.78 is 0. The molecular formula is C14H23N3O. The molecule has 0 aliphatic heterocycles. The zero-order valence-electron chi connectivity index (χ0n) is 11.8. The zero-order chi connectivity index (χ0) is 13.5. The van der Waals surface area contributed by atoms with Gasteiger partial charge < -0.3 is 4.90 Å². The molecule has 0 amide bonds. The van der Waals surface area contributed by atoms with E-state index in [0.29, 0.717) is 17.5 Å². The Hall–Kier alpha value is -1.45. The van der Waals surface area contributed by atoms with E-state index in [1.807, 2.05) is 0 Å². The molecular weight excluding hydrogens is 226 g/mol. The second-order valence-electron chi connectivity index (χ2n) is 4.95. The van der Waals surface area contributed by atoms with Crippen molar-refractivity contribution in [1.82, 2.24) is 9.97 Å². The van der Waals surface area contributed by atoms with Gasteiger partial charge in [-0.15, -0.1) is 0 Å². The molecule has 0 radical (unpaired) electrons. The van der Waals surface area contributed by atoms with Crippen molar-refractivity contribution in [2.24, 2.45) is 5.92 Å². The number of nitrogens with zero attached hydrogens (tertiary/aromatic N) is 3. The number of carbonyl (C=O) groups excluding carboxylic acids is 1. The van der Waals surface area contributed by atoms with E-state index in [9.17, 15) is 4.79 Å². The van der Waals surface area contributed by atoms with Crippen LogP contribution in [0.2, 0.25) is 0 Å². The summed E-state index contributed by atoms with van der Waals surface area (Å²) in [4.78, 5) is 21.5. The fourth-order valence-corrected chi connectivity index (χ4v) is 2.06. The Kier molecular flexibility index (Phi) is 5.75. The number of hydrogen-bond acceptors (Lipinski definition) is 4. The smallest absolute Gasteiger partial charge is 0.225 e. The lowest BCUT2D eigenvalue weighted by Gasteiger charge is -2.32. The maximum absolute atomic E-state index is 10.6. The molecule has 1 heterocycles. The Morgan fingerprint density at radius 1 is 1.22 bits per heavy atom. The molecule has 0 fully saturated rings. The third-order valence-corrected chi connectivity index (χ3v) is 3.00. The van der Waals surface area contributed by atoms with Gasteiger partial charge in [-0.1, -0.05) is 27.7 Å². The fourth-order valence-electron chi connectivity index (χ4n) is 2.06. The number of rotatable bonds is 7. The minimum atomic E-state index is 0.453. The van der Waals surface area contributed by atoms with Crippen LogP contribution in [0.1, 0.15) is 50.9 Å². The minimum Gasteiger partial charge on any atom is -0.338 e. The van der Waals surface area contributed by atoms with Gasteiger partial charge in [0.2, 0.25) is 5.95 Å². The molecule has 0 aliphatic carbocycles. The van der Waals surface area contributed by atoms with Gasteiger partial charge in [0.1, 0.15) is 0 Å². The van der Waals surface area contributed by atoms with E-state index >= 15 is 0 Å². The molecule has 1 rings (SSSR count). The van der Waals surface area contributed by atoms with E-state index < -0.39 is 0 Å². The Morgan fingerprint density at radius 3 is 2.17 bits per heavy atom. The van der Waals surface area contributed by atoms with Crippen molar-refractivity contribution in [3.05, 3.63) is 18.0 Å². The standard InChI is InChI=1S/C14H23N3O/c1-5-13(6-2)17(9-11(3)4)14-15-7-12(10-18)8-16-14/h7-8,10-11,13H,5-6,9H2,1-4H3. The lowest BCUT2D eigenvalue weighted by molar-refractivity contribution is 0.112. The number of anilines is 1.